The molecule has 0 aliphatic carbocycles. The van der Waals surface area contributed by atoms with Gasteiger partial charge in [-0.3, -0.25) is 9.59 Å². The minimum absolute atomic E-state index is 0.116. The van der Waals surface area contributed by atoms with E-state index in [4.69, 9.17) is 14.2 Å². The van der Waals surface area contributed by atoms with Gasteiger partial charge in [0.05, 0.1) is 25.4 Å². The summed E-state index contributed by atoms with van der Waals surface area (Å²) >= 11 is 0. The maximum absolute atomic E-state index is 13.4. The Morgan fingerprint density at radius 3 is 1.51 bits per heavy atom. The van der Waals surface area contributed by atoms with E-state index < -0.39 is 67.4 Å². The lowest BCUT2D eigenvalue weighted by Crippen LogP contribution is -2.61. The van der Waals surface area contributed by atoms with Crippen LogP contribution in [-0.2, 0) is 23.8 Å². The molecular weight excluding hydrogens is 919 g/mol. The highest BCUT2D eigenvalue weighted by Crippen LogP contribution is 2.26. The number of carbonyl (C=O) groups excluding carboxylic acids is 2. The van der Waals surface area contributed by atoms with E-state index in [2.05, 4.69) is 74.7 Å². The van der Waals surface area contributed by atoms with Gasteiger partial charge in [-0.05, 0) is 83.5 Å². The zero-order valence-corrected chi connectivity index (χ0v) is 46.7. The van der Waals surface area contributed by atoms with E-state index in [0.29, 0.717) is 12.8 Å². The topological polar surface area (TPSA) is 175 Å². The Balaban J connectivity index is 2.68. The predicted octanol–water partition coefficient (Wildman–Crippen LogP) is 13.8. The summed E-state index contributed by atoms with van der Waals surface area (Å²) in [5, 5.41) is 56.8. The lowest BCUT2D eigenvalue weighted by atomic mass is 9.99. The maximum Gasteiger partial charge on any atom is 0.306 e. The van der Waals surface area contributed by atoms with Crippen molar-refractivity contribution in [2.45, 2.75) is 307 Å². The van der Waals surface area contributed by atoms with Gasteiger partial charge in [-0.15, -0.1) is 0 Å². The number of nitrogens with one attached hydrogen (secondary N) is 1. The number of allylic oxidation sites excluding steroid dienone is 9. The lowest BCUT2D eigenvalue weighted by molar-refractivity contribution is -0.305. The molecule has 1 rings (SSSR count). The summed E-state index contributed by atoms with van der Waals surface area (Å²) < 4.78 is 17.6. The van der Waals surface area contributed by atoms with Crippen LogP contribution in [0.15, 0.2) is 60.8 Å². The molecule has 11 heteroatoms. The van der Waals surface area contributed by atoms with Gasteiger partial charge in [0.15, 0.2) is 12.4 Å². The molecule has 1 saturated heterocycles. The largest absolute Gasteiger partial charge is 0.454 e. The standard InChI is InChI=1S/C62H111NO10/c1-4-7-10-13-16-19-22-24-26-27-28-29-30-32-35-38-41-44-47-50-57(67)73-60-59(69)58(68)56(51-64)72-62(60)71-52-53(54(65)48-45-42-39-36-33-21-18-15-12-9-6-3)63-61(70)55(66)49-46-43-40-37-34-31-25-23-20-17-14-11-8-5-2/h16-17,19-20,23-26,45,48,53-56,58-60,62,64-66,68-69H,4-15,18,21-22,27-44,46-47,49-52H2,1-3H3,(H,63,70)/b19-16-,20-17+,25-23+,26-24-,48-45+. The molecule has 6 N–H and O–H groups in total. The summed E-state index contributed by atoms with van der Waals surface area (Å²) in [7, 11) is 0. The van der Waals surface area contributed by atoms with Crippen LogP contribution in [0.25, 0.3) is 0 Å². The van der Waals surface area contributed by atoms with Gasteiger partial charge < -0.3 is 45.1 Å². The second kappa shape index (κ2) is 50.2. The van der Waals surface area contributed by atoms with Crippen LogP contribution in [-0.4, -0.2) is 99.6 Å². The first-order valence-corrected chi connectivity index (χ1v) is 30.1. The first-order valence-electron chi connectivity index (χ1n) is 30.1. The fraction of sp³-hybridized carbons (Fsp3) is 0.806. The molecule has 0 saturated carbocycles. The van der Waals surface area contributed by atoms with Crippen LogP contribution in [0.1, 0.15) is 258 Å². The van der Waals surface area contributed by atoms with Crippen molar-refractivity contribution in [2.75, 3.05) is 13.2 Å². The Kier molecular flexibility index (Phi) is 47.0. The minimum Gasteiger partial charge on any atom is -0.454 e. The van der Waals surface area contributed by atoms with E-state index in [9.17, 15) is 35.1 Å². The SMILES string of the molecule is CCCCC/C=C\C/C=C\CCCCCCCCCCCC(=O)OC1C(OCC(NC(=O)C(O)CCCCCCC/C=C/C=C/CCCCC)C(O)/C=C/CCCCCCCCCCC)OC(CO)C(O)C1O. The predicted molar refractivity (Wildman–Crippen MR) is 301 cm³/mol. The number of esters is 1. The van der Waals surface area contributed by atoms with Crippen LogP contribution in [0.5, 0.6) is 0 Å². The van der Waals surface area contributed by atoms with Crippen molar-refractivity contribution in [3.05, 3.63) is 60.8 Å². The quantitative estimate of drug-likeness (QED) is 0.0149. The molecule has 0 aromatic heterocycles. The zero-order chi connectivity index (χ0) is 53.3. The van der Waals surface area contributed by atoms with Crippen LogP contribution in [0.2, 0.25) is 0 Å². The summed E-state index contributed by atoms with van der Waals surface area (Å²) in [6.07, 6.45) is 51.1. The first-order chi connectivity index (χ1) is 35.7. The number of amides is 1. The zero-order valence-electron chi connectivity index (χ0n) is 46.7. The molecule has 424 valence electrons. The van der Waals surface area contributed by atoms with Crippen molar-refractivity contribution in [3.63, 3.8) is 0 Å². The third-order valence-electron chi connectivity index (χ3n) is 13.9. The second-order valence-electron chi connectivity index (χ2n) is 20.8. The van der Waals surface area contributed by atoms with Crippen molar-refractivity contribution in [1.82, 2.24) is 5.32 Å². The van der Waals surface area contributed by atoms with E-state index in [0.717, 1.165) is 96.3 Å². The van der Waals surface area contributed by atoms with Crippen LogP contribution in [0.4, 0.5) is 0 Å². The molecule has 1 aliphatic heterocycles. The van der Waals surface area contributed by atoms with Gasteiger partial charge in [0.1, 0.15) is 24.4 Å². The third-order valence-corrected chi connectivity index (χ3v) is 13.9. The normalized spacial score (nSPS) is 19.8. The average molecular weight is 1030 g/mol. The summed E-state index contributed by atoms with van der Waals surface area (Å²) in [6.45, 7) is 5.71. The van der Waals surface area contributed by atoms with E-state index in [-0.39, 0.29) is 19.4 Å². The lowest BCUT2D eigenvalue weighted by Gasteiger charge is -2.41. The molecule has 1 amide bonds. The number of hydrogen-bond acceptors (Lipinski definition) is 10. The number of rotatable bonds is 50. The van der Waals surface area contributed by atoms with Crippen LogP contribution in [0, 0.1) is 0 Å². The van der Waals surface area contributed by atoms with Crippen LogP contribution < -0.4 is 5.32 Å². The van der Waals surface area contributed by atoms with Gasteiger partial charge in [0.25, 0.3) is 0 Å². The fourth-order valence-electron chi connectivity index (χ4n) is 9.08. The van der Waals surface area contributed by atoms with E-state index in [1.54, 1.807) is 6.08 Å². The molecule has 0 bridgehead atoms. The highest BCUT2D eigenvalue weighted by Gasteiger charge is 2.47. The maximum atomic E-state index is 13.4. The Morgan fingerprint density at radius 2 is 0.986 bits per heavy atom. The Labute approximate surface area is 446 Å². The number of aliphatic hydroxyl groups is 5. The molecule has 11 nitrogen and oxygen atoms in total. The van der Waals surface area contributed by atoms with Gasteiger partial charge in [0.2, 0.25) is 5.91 Å². The number of carbonyl (C=O) groups is 2. The first kappa shape index (κ1) is 68.4. The van der Waals surface area contributed by atoms with Crippen LogP contribution in [0.3, 0.4) is 0 Å². The van der Waals surface area contributed by atoms with Crippen molar-refractivity contribution in [1.29, 1.82) is 0 Å². The molecule has 1 fully saturated rings. The van der Waals surface area contributed by atoms with Crippen LogP contribution >= 0.6 is 0 Å². The third kappa shape index (κ3) is 38.5. The molecule has 1 aliphatic rings. The number of ether oxygens (including phenoxy) is 3. The van der Waals surface area contributed by atoms with E-state index in [1.807, 2.05) is 6.08 Å². The average Bonchev–Trinajstić information content (AvgIpc) is 3.39. The summed E-state index contributed by atoms with van der Waals surface area (Å²) in [4.78, 5) is 26.5. The van der Waals surface area contributed by atoms with Crippen molar-refractivity contribution in [3.8, 4) is 0 Å². The Morgan fingerprint density at radius 1 is 0.548 bits per heavy atom. The summed E-state index contributed by atoms with van der Waals surface area (Å²) in [5.41, 5.74) is 0. The smallest absolute Gasteiger partial charge is 0.306 e. The molecule has 8 atom stereocenters. The molecule has 0 radical (unpaired) electrons. The summed E-state index contributed by atoms with van der Waals surface area (Å²) in [5.74, 6) is -1.21. The highest BCUT2D eigenvalue weighted by molar-refractivity contribution is 5.80. The Bertz CT molecular complexity index is 1420. The van der Waals surface area contributed by atoms with Gasteiger partial charge in [-0.25, -0.2) is 0 Å². The molecule has 0 aromatic carbocycles. The van der Waals surface area contributed by atoms with Crippen molar-refractivity contribution < 1.29 is 49.3 Å². The van der Waals surface area contributed by atoms with Crippen molar-refractivity contribution in [2.24, 2.45) is 0 Å². The van der Waals surface area contributed by atoms with E-state index >= 15 is 0 Å². The Hall–Kier alpha value is -2.64. The minimum atomic E-state index is -1.62. The fourth-order valence-corrected chi connectivity index (χ4v) is 9.08. The molecule has 8 unspecified atom stereocenters. The van der Waals surface area contributed by atoms with Gasteiger partial charge in [-0.2, -0.15) is 0 Å². The molecule has 0 aromatic rings. The monoisotopic (exact) mass is 1030 g/mol. The molecule has 73 heavy (non-hydrogen) atoms. The van der Waals surface area contributed by atoms with Crippen molar-refractivity contribution >= 4 is 11.9 Å². The molecule has 0 spiro atoms. The number of aliphatic hydroxyl groups excluding tert-OH is 5. The molecular formula is C62H111NO10. The molecule has 1 heterocycles. The highest BCUT2D eigenvalue weighted by atomic mass is 16.7. The van der Waals surface area contributed by atoms with Gasteiger partial charge >= 0.3 is 5.97 Å². The number of unbranched alkanes of at least 4 members (excludes halogenated alkanes) is 29. The van der Waals surface area contributed by atoms with Gasteiger partial charge in [0, 0.05) is 6.42 Å². The summed E-state index contributed by atoms with van der Waals surface area (Å²) in [6, 6.07) is -1.03. The van der Waals surface area contributed by atoms with Gasteiger partial charge in [-0.1, -0.05) is 229 Å². The second-order valence-corrected chi connectivity index (χ2v) is 20.8. The van der Waals surface area contributed by atoms with E-state index in [1.165, 1.54) is 116 Å². The number of hydrogen-bond donors (Lipinski definition) is 6.